The number of benzene rings is 4. The molecule has 0 aromatic heterocycles. The van der Waals surface area contributed by atoms with Crippen LogP contribution in [0.3, 0.4) is 0 Å². The Morgan fingerprint density at radius 3 is 2.59 bits per heavy atom. The number of aliphatic carboxylic acids is 1. The van der Waals surface area contributed by atoms with Gasteiger partial charge in [0.2, 0.25) is 5.69 Å². The number of allylic oxidation sites excluding steroid dienone is 5. The number of hydrogen-bond donors (Lipinski definition) is 1. The lowest BCUT2D eigenvalue weighted by molar-refractivity contribution is -0.436. The molecule has 0 saturated carbocycles. The van der Waals surface area contributed by atoms with E-state index in [1.165, 1.54) is 0 Å². The molecule has 0 amide bonds. The zero-order valence-electron chi connectivity index (χ0n) is 28.5. The molecule has 51 heavy (non-hydrogen) atoms. The fourth-order valence-electron chi connectivity index (χ4n) is 6.87. The number of carbonyl (C=O) groups is 3. The van der Waals surface area contributed by atoms with Crippen molar-refractivity contribution in [2.45, 2.75) is 43.4 Å². The first-order valence-corrected chi connectivity index (χ1v) is 17.7. The van der Waals surface area contributed by atoms with Crippen LogP contribution in [0, 0.1) is 11.3 Å². The summed E-state index contributed by atoms with van der Waals surface area (Å²) in [6.07, 6.45) is 8.12. The third-order valence-electron chi connectivity index (χ3n) is 9.44. The summed E-state index contributed by atoms with van der Waals surface area (Å²) in [6.45, 7) is 5.39. The van der Waals surface area contributed by atoms with Gasteiger partial charge in [-0.1, -0.05) is 85.4 Å². The maximum atomic E-state index is 13.8. The summed E-state index contributed by atoms with van der Waals surface area (Å²) in [6, 6.07) is 29.9. The van der Waals surface area contributed by atoms with E-state index in [-0.39, 0.29) is 31.8 Å². The smallest absolute Gasteiger partial charge is 0.309 e. The van der Waals surface area contributed by atoms with Crippen LogP contribution >= 0.6 is 11.8 Å². The lowest BCUT2D eigenvalue weighted by atomic mass is 9.74. The monoisotopic (exact) mass is 696 g/mol. The van der Waals surface area contributed by atoms with Gasteiger partial charge >= 0.3 is 5.97 Å². The fourth-order valence-corrected chi connectivity index (χ4v) is 7.98. The molecule has 0 aliphatic carbocycles. The van der Waals surface area contributed by atoms with E-state index in [4.69, 9.17) is 4.74 Å². The normalized spacial score (nSPS) is 17.5. The number of rotatable bonds is 14. The fraction of sp³-hybridized carbons (Fsp3) is 0.214. The number of carboxylic acids is 1. The third-order valence-corrected chi connectivity index (χ3v) is 10.6. The molecular weight excluding hydrogens is 659 g/mol. The SMILES string of the molecule is CCc1ccc2c(c1)C(C)(CC(=O)c1ccccc1)C(/C=C/C(C#N)=C/C=C1\Sc3ccc4ccccc4c3N1CCOC=O)=[N+]2CCC(=O)O. The molecule has 256 valence electrons. The summed E-state index contributed by atoms with van der Waals surface area (Å²) in [4.78, 5) is 39.7. The number of anilines is 1. The first kappa shape index (κ1) is 35.1. The molecule has 1 atom stereocenters. The van der Waals surface area contributed by atoms with Crippen molar-refractivity contribution in [3.63, 3.8) is 0 Å². The Hall–Kier alpha value is -5.72. The predicted molar refractivity (Wildman–Crippen MR) is 201 cm³/mol. The van der Waals surface area contributed by atoms with E-state index in [0.717, 1.165) is 55.3 Å². The number of ketones is 1. The number of carboxylic acid groups (broad SMARTS) is 1. The van der Waals surface area contributed by atoms with E-state index in [1.807, 2.05) is 78.2 Å². The average molecular weight is 697 g/mol. The van der Waals surface area contributed by atoms with E-state index in [1.54, 1.807) is 23.9 Å². The van der Waals surface area contributed by atoms with E-state index < -0.39 is 11.4 Å². The van der Waals surface area contributed by atoms with E-state index in [9.17, 15) is 24.8 Å². The van der Waals surface area contributed by atoms with Crippen LogP contribution in [-0.2, 0) is 26.2 Å². The Morgan fingerprint density at radius 1 is 1.06 bits per heavy atom. The highest BCUT2D eigenvalue weighted by molar-refractivity contribution is 8.03. The van der Waals surface area contributed by atoms with Gasteiger partial charge in [0.25, 0.3) is 6.47 Å². The van der Waals surface area contributed by atoms with Crippen LogP contribution in [0.15, 0.2) is 125 Å². The van der Waals surface area contributed by atoms with Crippen LogP contribution < -0.4 is 4.90 Å². The number of hydrogen-bond acceptors (Lipinski definition) is 7. The molecule has 9 heteroatoms. The van der Waals surface area contributed by atoms with E-state index in [0.29, 0.717) is 24.2 Å². The number of Topliss-reactive ketones (excluding diaryl/α,β-unsaturated/α-hetero) is 1. The minimum atomic E-state index is -0.922. The Bertz CT molecular complexity index is 2180. The molecular formula is C42H38N3O5S+. The number of nitriles is 1. The van der Waals surface area contributed by atoms with Gasteiger partial charge in [0, 0.05) is 40.0 Å². The van der Waals surface area contributed by atoms with Gasteiger partial charge in [-0.05, 0) is 54.7 Å². The highest BCUT2D eigenvalue weighted by Crippen LogP contribution is 2.49. The minimum absolute atomic E-state index is 0.0262. The van der Waals surface area contributed by atoms with Gasteiger partial charge in [0.05, 0.1) is 34.3 Å². The van der Waals surface area contributed by atoms with E-state index in [2.05, 4.69) is 48.2 Å². The van der Waals surface area contributed by atoms with Crippen LogP contribution in [0.25, 0.3) is 10.8 Å². The minimum Gasteiger partial charge on any atom is -0.481 e. The van der Waals surface area contributed by atoms with Gasteiger partial charge in [-0.25, -0.2) is 0 Å². The van der Waals surface area contributed by atoms with Crippen molar-refractivity contribution in [2.24, 2.45) is 0 Å². The molecule has 0 bridgehead atoms. The molecule has 1 unspecified atom stereocenters. The average Bonchev–Trinajstić information content (AvgIpc) is 3.62. The highest BCUT2D eigenvalue weighted by atomic mass is 32.2. The van der Waals surface area contributed by atoms with Crippen molar-refractivity contribution in [3.05, 3.63) is 137 Å². The number of carbonyl (C=O) groups excluding carboxylic acids is 2. The Labute approximate surface area is 301 Å². The first-order chi connectivity index (χ1) is 24.8. The van der Waals surface area contributed by atoms with Crippen LogP contribution in [0.2, 0.25) is 0 Å². The summed E-state index contributed by atoms with van der Waals surface area (Å²) in [5, 5.41) is 23.0. The lowest BCUT2D eigenvalue weighted by Gasteiger charge is -2.22. The van der Waals surface area contributed by atoms with Crippen molar-refractivity contribution >= 4 is 57.8 Å². The topological polar surface area (TPSA) is 111 Å². The van der Waals surface area contributed by atoms with Gasteiger partial charge in [-0.2, -0.15) is 9.84 Å². The maximum Gasteiger partial charge on any atom is 0.309 e. The van der Waals surface area contributed by atoms with Gasteiger partial charge in [0.1, 0.15) is 13.0 Å². The summed E-state index contributed by atoms with van der Waals surface area (Å²) in [5.41, 5.74) is 4.91. The summed E-state index contributed by atoms with van der Waals surface area (Å²) >= 11 is 1.58. The van der Waals surface area contributed by atoms with Gasteiger partial charge in [-0.3, -0.25) is 14.4 Å². The quantitative estimate of drug-likeness (QED) is 0.0352. The second-order valence-electron chi connectivity index (χ2n) is 12.6. The molecule has 6 rings (SSSR count). The molecule has 0 radical (unpaired) electrons. The number of thioether (sulfide) groups is 1. The van der Waals surface area contributed by atoms with Crippen molar-refractivity contribution in [2.75, 3.05) is 24.6 Å². The van der Waals surface area contributed by atoms with Crippen molar-refractivity contribution in [3.8, 4) is 6.07 Å². The number of aryl methyl sites for hydroxylation is 1. The summed E-state index contributed by atoms with van der Waals surface area (Å²) in [7, 11) is 0. The van der Waals surface area contributed by atoms with Crippen molar-refractivity contribution in [1.82, 2.24) is 0 Å². The molecule has 4 aromatic rings. The molecule has 2 aliphatic rings. The molecule has 0 fully saturated rings. The second kappa shape index (κ2) is 15.4. The van der Waals surface area contributed by atoms with Gasteiger partial charge in [0.15, 0.2) is 18.0 Å². The molecule has 2 heterocycles. The summed E-state index contributed by atoms with van der Waals surface area (Å²) < 4.78 is 7.05. The molecule has 8 nitrogen and oxygen atoms in total. The van der Waals surface area contributed by atoms with Crippen LogP contribution in [-0.4, -0.2) is 53.3 Å². The van der Waals surface area contributed by atoms with Gasteiger partial charge < -0.3 is 14.7 Å². The van der Waals surface area contributed by atoms with Gasteiger partial charge in [-0.15, -0.1) is 0 Å². The molecule has 0 saturated heterocycles. The zero-order valence-corrected chi connectivity index (χ0v) is 29.4. The second-order valence-corrected chi connectivity index (χ2v) is 13.7. The maximum absolute atomic E-state index is 13.8. The molecule has 1 N–H and O–H groups in total. The van der Waals surface area contributed by atoms with E-state index >= 15 is 0 Å². The van der Waals surface area contributed by atoms with Crippen molar-refractivity contribution in [1.29, 1.82) is 5.26 Å². The largest absolute Gasteiger partial charge is 0.481 e. The number of ether oxygens (including phenoxy) is 1. The standard InChI is InChI=1S/C42H37N3O5S/c1-3-29-13-17-35-34(25-29)42(2,26-36(47)32-10-5-4-6-11-32)38(44(35)22-21-40(48)49)19-14-30(27-43)15-20-39-45(23-24-50-28-46)41-33-12-8-7-9-31(33)16-18-37(41)51-39/h4-20,25,28H,3,21-24,26H2,1-2H3/p+1. The van der Waals surface area contributed by atoms with Crippen molar-refractivity contribution < 1.29 is 28.8 Å². The summed E-state index contributed by atoms with van der Waals surface area (Å²) in [5.74, 6) is -0.948. The third kappa shape index (κ3) is 7.28. The van der Waals surface area contributed by atoms with Crippen LogP contribution in [0.5, 0.6) is 0 Å². The first-order valence-electron chi connectivity index (χ1n) is 16.9. The van der Waals surface area contributed by atoms with Crippen LogP contribution in [0.1, 0.15) is 48.2 Å². The number of nitrogens with zero attached hydrogens (tertiary/aromatic N) is 3. The highest BCUT2D eigenvalue weighted by Gasteiger charge is 2.49. The van der Waals surface area contributed by atoms with Crippen LogP contribution in [0.4, 0.5) is 11.4 Å². The number of fused-ring (bicyclic) bond motifs is 4. The molecule has 0 spiro atoms. The predicted octanol–water partition coefficient (Wildman–Crippen LogP) is 8.14. The Morgan fingerprint density at radius 2 is 1.84 bits per heavy atom. The lowest BCUT2D eigenvalue weighted by Crippen LogP contribution is -2.34. The zero-order chi connectivity index (χ0) is 36.0. The Balaban J connectivity index is 1.40. The Kier molecular flexibility index (Phi) is 10.6. The molecule has 4 aromatic carbocycles. The molecule has 2 aliphatic heterocycles.